The summed E-state index contributed by atoms with van der Waals surface area (Å²) in [6, 6.07) is 6.04. The first-order valence-corrected chi connectivity index (χ1v) is 4.28. The molecule has 0 bridgehead atoms. The van der Waals surface area contributed by atoms with Gasteiger partial charge in [-0.25, -0.2) is 0 Å². The third-order valence-electron chi connectivity index (χ3n) is 2.18. The Balaban J connectivity index is 2.98. The van der Waals surface area contributed by atoms with Crippen LogP contribution in [0.2, 0.25) is 5.02 Å². The van der Waals surface area contributed by atoms with Gasteiger partial charge in [0.25, 0.3) is 0 Å². The Hall–Kier alpha value is -0.950. The van der Waals surface area contributed by atoms with Crippen LogP contribution in [0.15, 0.2) is 24.4 Å². The van der Waals surface area contributed by atoms with Crippen molar-refractivity contribution in [3.8, 4) is 0 Å². The fourth-order valence-corrected chi connectivity index (χ4v) is 1.80. The molecular formula is C10H10ClN. The van der Waals surface area contributed by atoms with Gasteiger partial charge in [-0.05, 0) is 24.6 Å². The van der Waals surface area contributed by atoms with Gasteiger partial charge in [0, 0.05) is 23.7 Å². The molecule has 0 unspecified atom stereocenters. The summed E-state index contributed by atoms with van der Waals surface area (Å²) in [6.45, 7) is 2.10. The van der Waals surface area contributed by atoms with Crippen LogP contribution in [-0.2, 0) is 7.05 Å². The van der Waals surface area contributed by atoms with E-state index in [4.69, 9.17) is 11.6 Å². The highest BCUT2D eigenvalue weighted by Gasteiger charge is 2.03. The van der Waals surface area contributed by atoms with Crippen molar-refractivity contribution in [1.29, 1.82) is 0 Å². The molecule has 0 amide bonds. The number of aryl methyl sites for hydroxylation is 2. The molecule has 1 aromatic heterocycles. The summed E-state index contributed by atoms with van der Waals surface area (Å²) in [5.74, 6) is 0. The highest BCUT2D eigenvalue weighted by molar-refractivity contribution is 6.35. The second-order valence-corrected chi connectivity index (χ2v) is 3.46. The maximum atomic E-state index is 6.03. The molecule has 2 heteroatoms. The summed E-state index contributed by atoms with van der Waals surface area (Å²) in [4.78, 5) is 0. The summed E-state index contributed by atoms with van der Waals surface area (Å²) in [6.07, 6.45) is 2.03. The number of aromatic nitrogens is 1. The van der Waals surface area contributed by atoms with E-state index in [9.17, 15) is 0 Å². The van der Waals surface area contributed by atoms with Crippen molar-refractivity contribution < 1.29 is 0 Å². The van der Waals surface area contributed by atoms with Gasteiger partial charge < -0.3 is 4.57 Å². The minimum absolute atomic E-state index is 0.830. The van der Waals surface area contributed by atoms with Gasteiger partial charge in [-0.3, -0.25) is 0 Å². The quantitative estimate of drug-likeness (QED) is 0.586. The SMILES string of the molecule is Cc1ccc(Cl)c2ccn(C)c12. The number of hydrogen-bond donors (Lipinski definition) is 0. The van der Waals surface area contributed by atoms with Crippen LogP contribution < -0.4 is 0 Å². The second-order valence-electron chi connectivity index (χ2n) is 3.05. The minimum Gasteiger partial charge on any atom is -0.350 e. The molecule has 0 aliphatic carbocycles. The van der Waals surface area contributed by atoms with Crippen LogP contribution >= 0.6 is 11.6 Å². The maximum Gasteiger partial charge on any atom is 0.0522 e. The van der Waals surface area contributed by atoms with E-state index < -0.39 is 0 Å². The standard InChI is InChI=1S/C10H10ClN/c1-7-3-4-9(11)8-5-6-12(2)10(7)8/h3-6H,1-2H3. The predicted octanol–water partition coefficient (Wildman–Crippen LogP) is 3.14. The first-order valence-electron chi connectivity index (χ1n) is 3.90. The number of benzene rings is 1. The maximum absolute atomic E-state index is 6.03. The van der Waals surface area contributed by atoms with Crippen molar-refractivity contribution in [2.45, 2.75) is 6.92 Å². The van der Waals surface area contributed by atoms with Gasteiger partial charge in [-0.15, -0.1) is 0 Å². The smallest absolute Gasteiger partial charge is 0.0522 e. The van der Waals surface area contributed by atoms with Gasteiger partial charge in [0.2, 0.25) is 0 Å². The molecule has 2 rings (SSSR count). The zero-order valence-corrected chi connectivity index (χ0v) is 7.89. The summed E-state index contributed by atoms with van der Waals surface area (Å²) < 4.78 is 2.09. The number of fused-ring (bicyclic) bond motifs is 1. The van der Waals surface area contributed by atoms with E-state index in [1.807, 2.05) is 31.4 Å². The molecular weight excluding hydrogens is 170 g/mol. The summed E-state index contributed by atoms with van der Waals surface area (Å²) in [7, 11) is 2.03. The average molecular weight is 180 g/mol. The van der Waals surface area contributed by atoms with Gasteiger partial charge in [0.05, 0.1) is 5.52 Å². The Morgan fingerprint density at radius 2 is 2.00 bits per heavy atom. The van der Waals surface area contributed by atoms with Gasteiger partial charge >= 0.3 is 0 Å². The molecule has 0 aliphatic rings. The van der Waals surface area contributed by atoms with E-state index in [-0.39, 0.29) is 0 Å². The van der Waals surface area contributed by atoms with Gasteiger partial charge in [-0.1, -0.05) is 17.7 Å². The molecule has 0 atom stereocenters. The van der Waals surface area contributed by atoms with E-state index in [1.54, 1.807) is 0 Å². The fraction of sp³-hybridized carbons (Fsp3) is 0.200. The van der Waals surface area contributed by atoms with Crippen LogP contribution in [-0.4, -0.2) is 4.57 Å². The van der Waals surface area contributed by atoms with E-state index in [0.29, 0.717) is 0 Å². The van der Waals surface area contributed by atoms with Crippen LogP contribution in [0.4, 0.5) is 0 Å². The molecule has 0 fully saturated rings. The minimum atomic E-state index is 0.830. The Morgan fingerprint density at radius 1 is 1.25 bits per heavy atom. The molecule has 62 valence electrons. The van der Waals surface area contributed by atoms with E-state index in [2.05, 4.69) is 11.5 Å². The van der Waals surface area contributed by atoms with Gasteiger partial charge in [0.15, 0.2) is 0 Å². The summed E-state index contributed by atoms with van der Waals surface area (Å²) >= 11 is 6.03. The molecule has 0 aliphatic heterocycles. The third-order valence-corrected chi connectivity index (χ3v) is 2.51. The van der Waals surface area contributed by atoms with Crippen LogP contribution in [0.25, 0.3) is 10.9 Å². The highest BCUT2D eigenvalue weighted by atomic mass is 35.5. The van der Waals surface area contributed by atoms with Crippen LogP contribution in [0, 0.1) is 6.92 Å². The van der Waals surface area contributed by atoms with Crippen molar-refractivity contribution in [3.63, 3.8) is 0 Å². The van der Waals surface area contributed by atoms with Gasteiger partial charge in [0.1, 0.15) is 0 Å². The molecule has 1 aromatic carbocycles. The zero-order valence-electron chi connectivity index (χ0n) is 7.13. The van der Waals surface area contributed by atoms with Crippen molar-refractivity contribution in [2.24, 2.45) is 7.05 Å². The predicted molar refractivity (Wildman–Crippen MR) is 52.7 cm³/mol. The molecule has 12 heavy (non-hydrogen) atoms. The molecule has 0 radical (unpaired) electrons. The summed E-state index contributed by atoms with van der Waals surface area (Å²) in [5.41, 5.74) is 2.49. The lowest BCUT2D eigenvalue weighted by Gasteiger charge is -2.01. The molecule has 2 aromatic rings. The van der Waals surface area contributed by atoms with Crippen LogP contribution in [0.5, 0.6) is 0 Å². The number of rotatable bonds is 0. The molecule has 0 spiro atoms. The van der Waals surface area contributed by atoms with E-state index in [0.717, 1.165) is 10.4 Å². The lowest BCUT2D eigenvalue weighted by atomic mass is 10.2. The number of halogens is 1. The first kappa shape index (κ1) is 7.69. The van der Waals surface area contributed by atoms with Crippen molar-refractivity contribution >= 4 is 22.5 Å². The third kappa shape index (κ3) is 0.935. The van der Waals surface area contributed by atoms with Crippen molar-refractivity contribution in [3.05, 3.63) is 35.0 Å². The Bertz CT molecular complexity index is 429. The molecule has 1 nitrogen and oxygen atoms in total. The first-order chi connectivity index (χ1) is 5.70. The summed E-state index contributed by atoms with van der Waals surface area (Å²) in [5, 5.41) is 1.97. The Morgan fingerprint density at radius 3 is 2.67 bits per heavy atom. The second kappa shape index (κ2) is 2.53. The largest absolute Gasteiger partial charge is 0.350 e. The Labute approximate surface area is 76.6 Å². The average Bonchev–Trinajstić information content (AvgIpc) is 2.42. The monoisotopic (exact) mass is 179 g/mol. The molecule has 0 N–H and O–H groups in total. The zero-order chi connectivity index (χ0) is 8.72. The van der Waals surface area contributed by atoms with E-state index >= 15 is 0 Å². The molecule has 0 saturated carbocycles. The number of hydrogen-bond acceptors (Lipinski definition) is 0. The van der Waals surface area contributed by atoms with Crippen LogP contribution in [0.3, 0.4) is 0 Å². The van der Waals surface area contributed by atoms with Crippen molar-refractivity contribution in [1.82, 2.24) is 4.57 Å². The topological polar surface area (TPSA) is 4.93 Å². The molecule has 1 heterocycles. The lowest BCUT2D eigenvalue weighted by Crippen LogP contribution is -1.86. The van der Waals surface area contributed by atoms with E-state index in [1.165, 1.54) is 11.1 Å². The highest BCUT2D eigenvalue weighted by Crippen LogP contribution is 2.26. The molecule has 0 saturated heterocycles. The fourth-order valence-electron chi connectivity index (χ4n) is 1.58. The van der Waals surface area contributed by atoms with Crippen molar-refractivity contribution in [2.75, 3.05) is 0 Å². The Kier molecular flexibility index (Phi) is 1.62. The lowest BCUT2D eigenvalue weighted by molar-refractivity contribution is 0.964. The number of nitrogens with zero attached hydrogens (tertiary/aromatic N) is 1. The van der Waals surface area contributed by atoms with Gasteiger partial charge in [-0.2, -0.15) is 0 Å². The van der Waals surface area contributed by atoms with Crippen LogP contribution in [0.1, 0.15) is 5.56 Å². The normalized spacial score (nSPS) is 10.9.